The summed E-state index contributed by atoms with van der Waals surface area (Å²) in [5.74, 6) is -3.71. The Kier molecular flexibility index (Phi) is 11.1. The van der Waals surface area contributed by atoms with Crippen molar-refractivity contribution in [3.05, 3.63) is 54.3 Å². The summed E-state index contributed by atoms with van der Waals surface area (Å²) in [4.78, 5) is 37.6. The molecule has 0 unspecified atom stereocenters. The van der Waals surface area contributed by atoms with Gasteiger partial charge in [0.05, 0.1) is 37.6 Å². The number of benzene rings is 1. The van der Waals surface area contributed by atoms with Gasteiger partial charge in [0.2, 0.25) is 6.29 Å². The van der Waals surface area contributed by atoms with Gasteiger partial charge in [-0.1, -0.05) is 30.3 Å². The second-order valence-corrected chi connectivity index (χ2v) is 13.0. The second-order valence-electron chi connectivity index (χ2n) is 13.0. The van der Waals surface area contributed by atoms with Crippen molar-refractivity contribution in [3.63, 3.8) is 0 Å². The SMILES string of the molecule is CC(=O)O[C@@H]1[C@@H](OC(C)=O)[C@H](C)O[C@@H](O[C@H]2[C@@H]3C=CO[C@@H](O[C@@H]4O[C@H](CO)[C@@H](O)[C@H](O)[C@H]4O)[C@@H]3[C@@]3(CO)O[C@@H]23)[C@@H]1OC(=O)/C=C\c1ccccc1. The predicted octanol–water partition coefficient (Wildman–Crippen LogP) is -1.33. The molecule has 1 aromatic rings. The molecule has 16 atom stereocenters. The average molecular weight is 723 g/mol. The van der Waals surface area contributed by atoms with Crippen LogP contribution in [0.1, 0.15) is 26.3 Å². The first-order chi connectivity index (χ1) is 24.4. The third-order valence-electron chi connectivity index (χ3n) is 9.68. The number of aliphatic hydroxyl groups is 5. The van der Waals surface area contributed by atoms with Crippen molar-refractivity contribution in [2.75, 3.05) is 13.2 Å². The highest BCUT2D eigenvalue weighted by Crippen LogP contribution is 2.61. The zero-order chi connectivity index (χ0) is 36.6. The molecule has 4 aliphatic heterocycles. The smallest absolute Gasteiger partial charge is 0.331 e. The van der Waals surface area contributed by atoms with Crippen molar-refractivity contribution in [2.24, 2.45) is 11.8 Å². The van der Waals surface area contributed by atoms with E-state index in [0.29, 0.717) is 5.56 Å². The summed E-state index contributed by atoms with van der Waals surface area (Å²) in [5.41, 5.74) is -0.570. The molecule has 0 spiro atoms. The fourth-order valence-corrected chi connectivity index (χ4v) is 7.25. The maximum absolute atomic E-state index is 13.2. The molecule has 17 nitrogen and oxygen atoms in total. The topological polar surface area (TPSA) is 239 Å². The molecule has 0 amide bonds. The standard InChI is InChI=1S/C34H42O17/c1-15-26(45-16(2)37)28(46-17(3)38)29(48-21(39)10-9-18-7-5-4-6-8-18)33(44-15)49-27-19-11-12-43-31(22(19)34(14-36)30(27)51-34)50-32-25(42)24(41)23(40)20(13-35)47-32/h4-12,15,19-20,22-33,35-36,40-42H,13-14H2,1-3H3/b10-9-/t15-,19+,20+,22+,23+,24-,25+,26-,27-,28+,29+,30-,31-,32-,33-,34+/m0/s1. The minimum atomic E-state index is -1.72. The van der Waals surface area contributed by atoms with Crippen LogP contribution in [0.5, 0.6) is 0 Å². The van der Waals surface area contributed by atoms with E-state index >= 15 is 0 Å². The first-order valence-corrected chi connectivity index (χ1v) is 16.5. The quantitative estimate of drug-likeness (QED) is 0.0769. The minimum Gasteiger partial charge on any atom is -0.472 e. The summed E-state index contributed by atoms with van der Waals surface area (Å²) >= 11 is 0. The number of ether oxygens (including phenoxy) is 9. The molecule has 0 radical (unpaired) electrons. The van der Waals surface area contributed by atoms with Crippen molar-refractivity contribution in [3.8, 4) is 0 Å². The summed E-state index contributed by atoms with van der Waals surface area (Å²) in [6.07, 6.45) is -11.5. The molecule has 1 aliphatic carbocycles. The molecule has 5 aliphatic rings. The molecule has 0 bridgehead atoms. The largest absolute Gasteiger partial charge is 0.472 e. The summed E-state index contributed by atoms with van der Waals surface area (Å²) in [7, 11) is 0. The van der Waals surface area contributed by atoms with E-state index in [1.807, 2.05) is 6.07 Å². The Morgan fingerprint density at radius 3 is 2.20 bits per heavy atom. The first-order valence-electron chi connectivity index (χ1n) is 16.5. The molecule has 4 fully saturated rings. The van der Waals surface area contributed by atoms with Crippen LogP contribution in [-0.2, 0) is 57.0 Å². The third kappa shape index (κ3) is 7.41. The third-order valence-corrected chi connectivity index (χ3v) is 9.68. The number of aliphatic hydroxyl groups excluding tert-OH is 5. The Labute approximate surface area is 292 Å². The van der Waals surface area contributed by atoms with Crippen LogP contribution < -0.4 is 0 Å². The molecule has 280 valence electrons. The molecule has 0 aromatic heterocycles. The number of hydrogen-bond acceptors (Lipinski definition) is 17. The van der Waals surface area contributed by atoms with E-state index in [-0.39, 0.29) is 0 Å². The summed E-state index contributed by atoms with van der Waals surface area (Å²) in [5, 5.41) is 51.3. The first kappa shape index (κ1) is 37.3. The summed E-state index contributed by atoms with van der Waals surface area (Å²) in [6, 6.07) is 8.94. The Hall–Kier alpha value is -3.49. The number of fused-ring (bicyclic) bond motifs is 3. The van der Waals surface area contributed by atoms with Crippen LogP contribution in [0.4, 0.5) is 0 Å². The van der Waals surface area contributed by atoms with Crippen LogP contribution in [0.15, 0.2) is 48.7 Å². The maximum Gasteiger partial charge on any atom is 0.331 e. The van der Waals surface area contributed by atoms with E-state index in [0.717, 1.165) is 6.92 Å². The van der Waals surface area contributed by atoms with Crippen molar-refractivity contribution in [2.45, 2.75) is 106 Å². The number of hydrogen-bond donors (Lipinski definition) is 5. The lowest BCUT2D eigenvalue weighted by Crippen LogP contribution is -2.62. The van der Waals surface area contributed by atoms with Gasteiger partial charge < -0.3 is 68.2 Å². The van der Waals surface area contributed by atoms with Gasteiger partial charge in [-0.15, -0.1) is 0 Å². The highest BCUT2D eigenvalue weighted by atomic mass is 16.8. The Morgan fingerprint density at radius 2 is 1.53 bits per heavy atom. The Balaban J connectivity index is 1.26. The van der Waals surface area contributed by atoms with Gasteiger partial charge >= 0.3 is 17.9 Å². The van der Waals surface area contributed by atoms with E-state index in [4.69, 9.17) is 42.6 Å². The van der Waals surface area contributed by atoms with Crippen molar-refractivity contribution in [1.82, 2.24) is 0 Å². The van der Waals surface area contributed by atoms with E-state index in [9.17, 15) is 39.9 Å². The molecule has 51 heavy (non-hydrogen) atoms. The zero-order valence-corrected chi connectivity index (χ0v) is 27.9. The van der Waals surface area contributed by atoms with E-state index in [1.54, 1.807) is 37.3 Å². The number of carbonyl (C=O) groups excluding carboxylic acids is 3. The van der Waals surface area contributed by atoms with Gasteiger partial charge in [0.15, 0.2) is 30.9 Å². The molecule has 1 saturated carbocycles. The van der Waals surface area contributed by atoms with Crippen molar-refractivity contribution in [1.29, 1.82) is 0 Å². The molecule has 1 aromatic carbocycles. The van der Waals surface area contributed by atoms with Gasteiger partial charge in [0, 0.05) is 25.8 Å². The lowest BCUT2D eigenvalue weighted by molar-refractivity contribution is -0.347. The van der Waals surface area contributed by atoms with Crippen LogP contribution in [0, 0.1) is 11.8 Å². The lowest BCUT2D eigenvalue weighted by atomic mass is 9.85. The Morgan fingerprint density at radius 1 is 0.824 bits per heavy atom. The van der Waals surface area contributed by atoms with E-state index < -0.39 is 128 Å². The van der Waals surface area contributed by atoms with Crippen LogP contribution in [-0.4, -0.2) is 142 Å². The van der Waals surface area contributed by atoms with E-state index in [1.165, 1.54) is 25.3 Å². The van der Waals surface area contributed by atoms with Gasteiger partial charge in [-0.25, -0.2) is 4.79 Å². The predicted molar refractivity (Wildman–Crippen MR) is 166 cm³/mol. The molecule has 5 N–H and O–H groups in total. The fourth-order valence-electron chi connectivity index (χ4n) is 7.25. The van der Waals surface area contributed by atoms with Crippen LogP contribution in [0.3, 0.4) is 0 Å². The molecular formula is C34H42O17. The van der Waals surface area contributed by atoms with Gasteiger partial charge in [0.1, 0.15) is 36.1 Å². The molecule has 17 heteroatoms. The summed E-state index contributed by atoms with van der Waals surface area (Å²) < 4.78 is 52.7. The molecule has 3 saturated heterocycles. The lowest BCUT2D eigenvalue weighted by Gasteiger charge is -2.45. The fraction of sp³-hybridized carbons (Fsp3) is 0.618. The van der Waals surface area contributed by atoms with Crippen LogP contribution in [0.2, 0.25) is 0 Å². The van der Waals surface area contributed by atoms with Crippen LogP contribution in [0.25, 0.3) is 6.08 Å². The van der Waals surface area contributed by atoms with E-state index in [2.05, 4.69) is 0 Å². The number of esters is 3. The molecule has 4 heterocycles. The highest BCUT2D eigenvalue weighted by Gasteiger charge is 2.77. The van der Waals surface area contributed by atoms with Gasteiger partial charge in [-0.2, -0.15) is 0 Å². The molecule has 6 rings (SSSR count). The normalized spacial score (nSPS) is 42.7. The maximum atomic E-state index is 13.2. The monoisotopic (exact) mass is 722 g/mol. The average Bonchev–Trinajstić information content (AvgIpc) is 3.78. The van der Waals surface area contributed by atoms with Crippen molar-refractivity contribution < 1.29 is 82.5 Å². The van der Waals surface area contributed by atoms with Crippen LogP contribution >= 0.6 is 0 Å². The summed E-state index contributed by atoms with van der Waals surface area (Å²) in [6.45, 7) is 2.69. The Bertz CT molecular complexity index is 1470. The van der Waals surface area contributed by atoms with Crippen molar-refractivity contribution >= 4 is 24.0 Å². The number of rotatable bonds is 11. The second kappa shape index (κ2) is 15.2. The van der Waals surface area contributed by atoms with Gasteiger partial charge in [0.25, 0.3) is 0 Å². The number of carbonyl (C=O) groups is 3. The number of epoxide rings is 1. The van der Waals surface area contributed by atoms with Gasteiger partial charge in [-0.3, -0.25) is 9.59 Å². The molecular weight excluding hydrogens is 680 g/mol. The minimum absolute atomic E-state index is 0.514. The van der Waals surface area contributed by atoms with Gasteiger partial charge in [-0.05, 0) is 24.6 Å². The zero-order valence-electron chi connectivity index (χ0n) is 27.9. The highest BCUT2D eigenvalue weighted by molar-refractivity contribution is 5.87.